The van der Waals surface area contributed by atoms with Gasteiger partial charge in [-0.25, -0.2) is 8.42 Å². The number of rotatable bonds is 10. The van der Waals surface area contributed by atoms with Gasteiger partial charge >= 0.3 is 0 Å². The summed E-state index contributed by atoms with van der Waals surface area (Å²) in [6, 6.07) is 14.0. The van der Waals surface area contributed by atoms with E-state index in [1.165, 1.54) is 0 Å². The van der Waals surface area contributed by atoms with Crippen molar-refractivity contribution in [2.75, 3.05) is 19.8 Å². The second-order valence-corrected chi connectivity index (χ2v) is 9.32. The van der Waals surface area contributed by atoms with E-state index < -0.39 is 9.84 Å². The molecule has 0 saturated carbocycles. The van der Waals surface area contributed by atoms with Crippen LogP contribution in [0.3, 0.4) is 0 Å². The zero-order valence-corrected chi connectivity index (χ0v) is 18.4. The van der Waals surface area contributed by atoms with Gasteiger partial charge in [0.2, 0.25) is 5.91 Å². The summed E-state index contributed by atoms with van der Waals surface area (Å²) in [6.45, 7) is 3.73. The maximum absolute atomic E-state index is 13.1. The third-order valence-corrected chi connectivity index (χ3v) is 6.62. The number of sulfone groups is 1. The van der Waals surface area contributed by atoms with Gasteiger partial charge in [-0.3, -0.25) is 4.79 Å². The Balaban J connectivity index is 1.79. The van der Waals surface area contributed by atoms with Crippen LogP contribution in [0, 0.1) is 0 Å². The Labute approximate surface area is 181 Å². The first-order chi connectivity index (χ1) is 14.4. The molecule has 0 atom stereocenters. The molecule has 0 unspecified atom stereocenters. The highest BCUT2D eigenvalue weighted by Crippen LogP contribution is 2.28. The Morgan fingerprint density at radius 1 is 1.13 bits per heavy atom. The van der Waals surface area contributed by atoms with Gasteiger partial charge in [0.15, 0.2) is 9.84 Å². The molecule has 1 N–H and O–H groups in total. The van der Waals surface area contributed by atoms with E-state index in [1.54, 1.807) is 47.2 Å². The minimum absolute atomic E-state index is 0.0472. The third-order valence-electron chi connectivity index (χ3n) is 4.66. The van der Waals surface area contributed by atoms with Gasteiger partial charge in [0.1, 0.15) is 6.54 Å². The van der Waals surface area contributed by atoms with Gasteiger partial charge in [-0.15, -0.1) is 0 Å². The molecule has 0 fully saturated rings. The highest BCUT2D eigenvalue weighted by Gasteiger charge is 2.22. The Morgan fingerprint density at radius 3 is 2.60 bits per heavy atom. The highest BCUT2D eigenvalue weighted by molar-refractivity contribution is 7.90. The first kappa shape index (κ1) is 22.3. The third kappa shape index (κ3) is 5.62. The average Bonchev–Trinajstić information content (AvgIpc) is 3.09. The van der Waals surface area contributed by atoms with Crippen LogP contribution < -0.4 is 5.32 Å². The maximum Gasteiger partial charge on any atom is 0.239 e. The van der Waals surface area contributed by atoms with Crippen molar-refractivity contribution in [3.05, 3.63) is 65.3 Å². The lowest BCUT2D eigenvalue weighted by molar-refractivity contribution is -0.121. The van der Waals surface area contributed by atoms with Gasteiger partial charge in [-0.2, -0.15) is 0 Å². The molecule has 0 spiro atoms. The van der Waals surface area contributed by atoms with Gasteiger partial charge < -0.3 is 14.6 Å². The largest absolute Gasteiger partial charge is 0.382 e. The van der Waals surface area contributed by atoms with Crippen LogP contribution >= 0.6 is 11.6 Å². The van der Waals surface area contributed by atoms with E-state index in [0.29, 0.717) is 41.2 Å². The number of para-hydroxylation sites is 1. The second kappa shape index (κ2) is 10.1. The van der Waals surface area contributed by atoms with Crippen LogP contribution in [0.25, 0.3) is 10.9 Å². The summed E-state index contributed by atoms with van der Waals surface area (Å²) in [5.41, 5.74) is 1.36. The molecule has 8 heteroatoms. The van der Waals surface area contributed by atoms with E-state index in [-0.39, 0.29) is 23.1 Å². The molecule has 3 rings (SSSR count). The SMILES string of the molecule is CCOCCCNC(=O)Cn1cc(S(=O)(=O)Cc2ccc(Cl)cc2)c2ccccc21. The number of nitrogens with zero attached hydrogens (tertiary/aromatic N) is 1. The summed E-state index contributed by atoms with van der Waals surface area (Å²) in [6.07, 6.45) is 2.28. The molecule has 1 heterocycles. The highest BCUT2D eigenvalue weighted by atomic mass is 35.5. The van der Waals surface area contributed by atoms with Crippen LogP contribution in [0.5, 0.6) is 0 Å². The van der Waals surface area contributed by atoms with E-state index in [0.717, 1.165) is 6.42 Å². The molecule has 30 heavy (non-hydrogen) atoms. The summed E-state index contributed by atoms with van der Waals surface area (Å²) in [5.74, 6) is -0.309. The molecule has 160 valence electrons. The van der Waals surface area contributed by atoms with Crippen molar-refractivity contribution in [3.63, 3.8) is 0 Å². The zero-order chi connectivity index (χ0) is 21.6. The van der Waals surface area contributed by atoms with Gasteiger partial charge in [0, 0.05) is 41.9 Å². The molecular weight excluding hydrogens is 424 g/mol. The quantitative estimate of drug-likeness (QED) is 0.478. The Hall–Kier alpha value is -2.35. The fourth-order valence-electron chi connectivity index (χ4n) is 3.23. The number of benzene rings is 2. The Kier molecular flexibility index (Phi) is 7.53. The number of ether oxygens (including phenoxy) is 1. The zero-order valence-electron chi connectivity index (χ0n) is 16.8. The molecule has 2 aromatic carbocycles. The van der Waals surface area contributed by atoms with Crippen molar-refractivity contribution in [2.45, 2.75) is 30.5 Å². The number of halogens is 1. The van der Waals surface area contributed by atoms with E-state index in [9.17, 15) is 13.2 Å². The summed E-state index contributed by atoms with van der Waals surface area (Å²) in [5, 5.41) is 4.01. The maximum atomic E-state index is 13.1. The van der Waals surface area contributed by atoms with Crippen molar-refractivity contribution >= 4 is 38.2 Å². The summed E-state index contributed by atoms with van der Waals surface area (Å²) < 4.78 is 33.2. The molecule has 0 aliphatic heterocycles. The van der Waals surface area contributed by atoms with Crippen LogP contribution in [0.1, 0.15) is 18.9 Å². The minimum atomic E-state index is -3.61. The Bertz CT molecular complexity index is 1110. The molecule has 6 nitrogen and oxygen atoms in total. The number of nitrogens with one attached hydrogen (secondary N) is 1. The van der Waals surface area contributed by atoms with Crippen LogP contribution in [-0.2, 0) is 31.7 Å². The number of aromatic nitrogens is 1. The van der Waals surface area contributed by atoms with Crippen molar-refractivity contribution in [3.8, 4) is 0 Å². The van der Waals surface area contributed by atoms with Gasteiger partial charge in [0.25, 0.3) is 0 Å². The predicted octanol–water partition coefficient (Wildman–Crippen LogP) is 3.81. The van der Waals surface area contributed by atoms with E-state index in [4.69, 9.17) is 16.3 Å². The van der Waals surface area contributed by atoms with Crippen LogP contribution in [-0.4, -0.2) is 38.7 Å². The first-order valence-electron chi connectivity index (χ1n) is 9.80. The number of amides is 1. The van der Waals surface area contributed by atoms with Crippen LogP contribution in [0.2, 0.25) is 5.02 Å². The van der Waals surface area contributed by atoms with Gasteiger partial charge in [-0.05, 0) is 37.1 Å². The van der Waals surface area contributed by atoms with E-state index in [2.05, 4.69) is 5.32 Å². The number of fused-ring (bicyclic) bond motifs is 1. The lowest BCUT2D eigenvalue weighted by atomic mass is 10.2. The topological polar surface area (TPSA) is 77.4 Å². The summed E-state index contributed by atoms with van der Waals surface area (Å²) in [7, 11) is -3.61. The van der Waals surface area contributed by atoms with Gasteiger partial charge in [-0.1, -0.05) is 41.9 Å². The number of carbonyl (C=O) groups is 1. The first-order valence-corrected chi connectivity index (χ1v) is 11.8. The summed E-state index contributed by atoms with van der Waals surface area (Å²) in [4.78, 5) is 12.6. The molecule has 0 radical (unpaired) electrons. The molecule has 0 aliphatic carbocycles. The molecule has 1 amide bonds. The average molecular weight is 449 g/mol. The second-order valence-electron chi connectivity index (χ2n) is 6.92. The smallest absolute Gasteiger partial charge is 0.239 e. The van der Waals surface area contributed by atoms with Gasteiger partial charge in [0.05, 0.1) is 10.6 Å². The molecule has 0 aliphatic rings. The van der Waals surface area contributed by atoms with Crippen molar-refractivity contribution in [2.24, 2.45) is 0 Å². The van der Waals surface area contributed by atoms with Crippen LogP contribution in [0.15, 0.2) is 59.6 Å². The van der Waals surface area contributed by atoms with Crippen molar-refractivity contribution in [1.82, 2.24) is 9.88 Å². The molecule has 1 aromatic heterocycles. The Morgan fingerprint density at radius 2 is 1.87 bits per heavy atom. The predicted molar refractivity (Wildman–Crippen MR) is 118 cm³/mol. The molecule has 0 saturated heterocycles. The normalized spacial score (nSPS) is 11.7. The monoisotopic (exact) mass is 448 g/mol. The lowest BCUT2D eigenvalue weighted by Gasteiger charge is -2.07. The van der Waals surface area contributed by atoms with Crippen LogP contribution in [0.4, 0.5) is 0 Å². The molecular formula is C22H25ClN2O4S. The number of hydrogen-bond acceptors (Lipinski definition) is 4. The van der Waals surface area contributed by atoms with E-state index >= 15 is 0 Å². The molecule has 0 bridgehead atoms. The fraction of sp³-hybridized carbons (Fsp3) is 0.318. The van der Waals surface area contributed by atoms with Crippen molar-refractivity contribution < 1.29 is 17.9 Å². The van der Waals surface area contributed by atoms with E-state index in [1.807, 2.05) is 19.1 Å². The summed E-state index contributed by atoms with van der Waals surface area (Å²) >= 11 is 5.89. The number of hydrogen-bond donors (Lipinski definition) is 1. The standard InChI is InChI=1S/C22H25ClN2O4S/c1-2-29-13-5-12-24-22(26)15-25-14-21(19-6-3-4-7-20(19)25)30(27,28)16-17-8-10-18(23)11-9-17/h3-4,6-11,14H,2,5,12-13,15-16H2,1H3,(H,24,26). The fourth-order valence-corrected chi connectivity index (χ4v) is 4.93. The minimum Gasteiger partial charge on any atom is -0.382 e. The molecule has 3 aromatic rings. The lowest BCUT2D eigenvalue weighted by Crippen LogP contribution is -2.28. The number of carbonyl (C=O) groups excluding carboxylic acids is 1. The van der Waals surface area contributed by atoms with Crippen molar-refractivity contribution in [1.29, 1.82) is 0 Å².